The molecule has 0 radical (unpaired) electrons. The third kappa shape index (κ3) is 3.21. The highest BCUT2D eigenvalue weighted by Crippen LogP contribution is 2.26. The van der Waals surface area contributed by atoms with Gasteiger partial charge in [-0.1, -0.05) is 30.3 Å². The zero-order valence-corrected chi connectivity index (χ0v) is 12.9. The first-order chi connectivity index (χ1) is 11.2. The van der Waals surface area contributed by atoms with Crippen LogP contribution in [0.1, 0.15) is 29.0 Å². The topological polar surface area (TPSA) is 66.4 Å². The fourth-order valence-electron chi connectivity index (χ4n) is 2.83. The summed E-state index contributed by atoms with van der Waals surface area (Å²) in [5.74, 6) is -0.132. The summed E-state index contributed by atoms with van der Waals surface area (Å²) in [6.45, 7) is 3.06. The van der Waals surface area contributed by atoms with Crippen molar-refractivity contribution in [2.45, 2.75) is 13.0 Å². The molecule has 3 rings (SSSR count). The van der Waals surface area contributed by atoms with Gasteiger partial charge >= 0.3 is 0 Å². The van der Waals surface area contributed by atoms with Gasteiger partial charge in [-0.25, -0.2) is 4.98 Å². The van der Waals surface area contributed by atoms with E-state index in [2.05, 4.69) is 9.97 Å². The van der Waals surface area contributed by atoms with Gasteiger partial charge in [0.05, 0.1) is 12.2 Å². The molecule has 6 nitrogen and oxygen atoms in total. The molecule has 1 aromatic carbocycles. The van der Waals surface area contributed by atoms with E-state index < -0.39 is 0 Å². The first-order valence-electron chi connectivity index (χ1n) is 7.54. The van der Waals surface area contributed by atoms with Gasteiger partial charge in [-0.2, -0.15) is 0 Å². The Labute approximate surface area is 134 Å². The normalized spacial score (nSPS) is 17.9. The van der Waals surface area contributed by atoms with Crippen LogP contribution in [0.3, 0.4) is 0 Å². The zero-order valence-electron chi connectivity index (χ0n) is 12.9. The summed E-state index contributed by atoms with van der Waals surface area (Å²) in [5.41, 5.74) is 1.33. The number of hydrogen-bond donors (Lipinski definition) is 0. The van der Waals surface area contributed by atoms with E-state index in [1.807, 2.05) is 30.3 Å². The lowest BCUT2D eigenvalue weighted by Gasteiger charge is -2.41. The smallest absolute Gasteiger partial charge is 0.274 e. The number of carbonyl (C=O) groups excluding carboxylic acids is 2. The van der Waals surface area contributed by atoms with Crippen molar-refractivity contribution in [1.29, 1.82) is 0 Å². The van der Waals surface area contributed by atoms with Gasteiger partial charge in [-0.05, 0) is 5.56 Å². The molecule has 2 amide bonds. The van der Waals surface area contributed by atoms with Crippen molar-refractivity contribution in [3.8, 4) is 0 Å². The van der Waals surface area contributed by atoms with Crippen molar-refractivity contribution in [3.05, 3.63) is 60.2 Å². The summed E-state index contributed by atoms with van der Waals surface area (Å²) in [5, 5.41) is 0. The molecular formula is C17H18N4O2. The predicted octanol–water partition coefficient (Wildman–Crippen LogP) is 1.52. The molecule has 1 aliphatic rings. The van der Waals surface area contributed by atoms with Crippen LogP contribution in [0, 0.1) is 0 Å². The molecular weight excluding hydrogens is 292 g/mol. The summed E-state index contributed by atoms with van der Waals surface area (Å²) in [6, 6.07) is 9.59. The molecule has 0 aliphatic carbocycles. The molecule has 23 heavy (non-hydrogen) atoms. The van der Waals surface area contributed by atoms with E-state index in [1.54, 1.807) is 22.9 Å². The van der Waals surface area contributed by atoms with E-state index in [0.717, 1.165) is 5.56 Å². The number of aromatic nitrogens is 2. The van der Waals surface area contributed by atoms with Crippen molar-refractivity contribution in [1.82, 2.24) is 19.8 Å². The Kier molecular flexibility index (Phi) is 4.32. The highest BCUT2D eigenvalue weighted by molar-refractivity contribution is 5.92. The quantitative estimate of drug-likeness (QED) is 0.843. The van der Waals surface area contributed by atoms with Gasteiger partial charge in [-0.3, -0.25) is 14.6 Å². The fraction of sp³-hybridized carbons (Fsp3) is 0.294. The molecule has 1 fully saturated rings. The summed E-state index contributed by atoms with van der Waals surface area (Å²) < 4.78 is 0. The molecule has 1 aromatic heterocycles. The number of hydrogen-bond acceptors (Lipinski definition) is 4. The van der Waals surface area contributed by atoms with E-state index in [9.17, 15) is 9.59 Å². The minimum Gasteiger partial charge on any atom is -0.339 e. The highest BCUT2D eigenvalue weighted by Gasteiger charge is 2.33. The third-order valence-electron chi connectivity index (χ3n) is 4.05. The van der Waals surface area contributed by atoms with Crippen molar-refractivity contribution >= 4 is 11.8 Å². The average Bonchev–Trinajstić information content (AvgIpc) is 2.62. The minimum absolute atomic E-state index is 0.0255. The Hall–Kier alpha value is -2.76. The molecule has 6 heteroatoms. The Morgan fingerprint density at radius 3 is 2.57 bits per heavy atom. The van der Waals surface area contributed by atoms with Crippen LogP contribution < -0.4 is 0 Å². The summed E-state index contributed by atoms with van der Waals surface area (Å²) >= 11 is 0. The van der Waals surface area contributed by atoms with Crippen LogP contribution in [0.4, 0.5) is 0 Å². The van der Waals surface area contributed by atoms with Crippen molar-refractivity contribution in [2.24, 2.45) is 0 Å². The summed E-state index contributed by atoms with van der Waals surface area (Å²) in [7, 11) is 0. The van der Waals surface area contributed by atoms with Gasteiger partial charge < -0.3 is 9.80 Å². The molecule has 0 saturated carbocycles. The summed E-state index contributed by atoms with van der Waals surface area (Å²) in [6.07, 6.45) is 4.53. The van der Waals surface area contributed by atoms with E-state index in [4.69, 9.17) is 0 Å². The van der Waals surface area contributed by atoms with Crippen LogP contribution in [0.25, 0.3) is 0 Å². The first-order valence-corrected chi connectivity index (χ1v) is 7.54. The maximum atomic E-state index is 12.8. The number of rotatable bonds is 2. The van der Waals surface area contributed by atoms with Crippen LogP contribution in [0.2, 0.25) is 0 Å². The second-order valence-electron chi connectivity index (χ2n) is 5.48. The monoisotopic (exact) mass is 310 g/mol. The molecule has 1 atom stereocenters. The molecule has 0 bridgehead atoms. The molecule has 2 heterocycles. The Bertz CT molecular complexity index is 690. The van der Waals surface area contributed by atoms with Gasteiger partial charge in [0.1, 0.15) is 5.69 Å². The second-order valence-corrected chi connectivity index (χ2v) is 5.48. The molecule has 0 spiro atoms. The minimum atomic E-state index is -0.177. The SMILES string of the molecule is CC(=O)N1CCN(C(=O)c2cnccn2)[C@H](c2ccccc2)C1. The van der Waals surface area contributed by atoms with Crippen molar-refractivity contribution in [3.63, 3.8) is 0 Å². The fourth-order valence-corrected chi connectivity index (χ4v) is 2.83. The van der Waals surface area contributed by atoms with Crippen LogP contribution in [-0.4, -0.2) is 51.2 Å². The Balaban J connectivity index is 1.91. The molecule has 118 valence electrons. The molecule has 0 N–H and O–H groups in total. The average molecular weight is 310 g/mol. The number of carbonyl (C=O) groups is 2. The van der Waals surface area contributed by atoms with Crippen LogP contribution in [0.5, 0.6) is 0 Å². The number of amides is 2. The van der Waals surface area contributed by atoms with Gasteiger partial charge in [-0.15, -0.1) is 0 Å². The number of piperazine rings is 1. The summed E-state index contributed by atoms with van der Waals surface area (Å²) in [4.78, 5) is 36.1. The van der Waals surface area contributed by atoms with Gasteiger partial charge in [0.2, 0.25) is 5.91 Å². The number of nitrogens with zero attached hydrogens (tertiary/aromatic N) is 4. The van der Waals surface area contributed by atoms with Gasteiger partial charge in [0, 0.05) is 39.0 Å². The molecule has 1 aliphatic heterocycles. The van der Waals surface area contributed by atoms with E-state index in [1.165, 1.54) is 12.4 Å². The van der Waals surface area contributed by atoms with Crippen LogP contribution >= 0.6 is 0 Å². The van der Waals surface area contributed by atoms with E-state index in [-0.39, 0.29) is 17.9 Å². The Morgan fingerprint density at radius 2 is 1.91 bits per heavy atom. The largest absolute Gasteiger partial charge is 0.339 e. The second kappa shape index (κ2) is 6.56. The van der Waals surface area contributed by atoms with E-state index >= 15 is 0 Å². The maximum absolute atomic E-state index is 12.8. The van der Waals surface area contributed by atoms with Crippen LogP contribution in [0.15, 0.2) is 48.9 Å². The third-order valence-corrected chi connectivity index (χ3v) is 4.05. The molecule has 2 aromatic rings. The zero-order chi connectivity index (χ0) is 16.2. The van der Waals surface area contributed by atoms with Gasteiger partial charge in [0.15, 0.2) is 0 Å². The lowest BCUT2D eigenvalue weighted by molar-refractivity contribution is -0.131. The van der Waals surface area contributed by atoms with Crippen molar-refractivity contribution < 1.29 is 9.59 Å². The predicted molar refractivity (Wildman–Crippen MR) is 84.5 cm³/mol. The lowest BCUT2D eigenvalue weighted by atomic mass is 10.0. The standard InChI is InChI=1S/C17H18N4O2/c1-13(22)20-9-10-21(17(23)15-11-18-7-8-19-15)16(12-20)14-5-3-2-4-6-14/h2-8,11,16H,9-10,12H2,1H3/t16-/m0/s1. The first kappa shape index (κ1) is 15.1. The Morgan fingerprint density at radius 1 is 1.13 bits per heavy atom. The van der Waals surface area contributed by atoms with Crippen LogP contribution in [-0.2, 0) is 4.79 Å². The van der Waals surface area contributed by atoms with E-state index in [0.29, 0.717) is 25.3 Å². The van der Waals surface area contributed by atoms with Crippen molar-refractivity contribution in [2.75, 3.05) is 19.6 Å². The molecule has 1 saturated heterocycles. The maximum Gasteiger partial charge on any atom is 0.274 e. The van der Waals surface area contributed by atoms with Gasteiger partial charge in [0.25, 0.3) is 5.91 Å². The number of benzene rings is 1. The lowest BCUT2D eigenvalue weighted by Crippen LogP contribution is -2.52. The molecule has 0 unspecified atom stereocenters. The highest BCUT2D eigenvalue weighted by atomic mass is 16.2.